The molecule has 1 unspecified atom stereocenters. The summed E-state index contributed by atoms with van der Waals surface area (Å²) in [5, 5.41) is 19.5. The number of amides is 1. The molecular weight excluding hydrogens is 306 g/mol. The SMILES string of the molecule is Cn1cc(C(=O)NCC2(O)CCSC2)c(-c2cccs2)n1. The highest BCUT2D eigenvalue weighted by atomic mass is 32.2. The Morgan fingerprint density at radius 1 is 1.62 bits per heavy atom. The van der Waals surface area contributed by atoms with Crippen molar-refractivity contribution in [1.29, 1.82) is 0 Å². The zero-order chi connectivity index (χ0) is 14.9. The summed E-state index contributed by atoms with van der Waals surface area (Å²) in [6.07, 6.45) is 2.45. The number of carbonyl (C=O) groups is 1. The maximum Gasteiger partial charge on any atom is 0.255 e. The molecule has 112 valence electrons. The van der Waals surface area contributed by atoms with Gasteiger partial charge in [-0.05, 0) is 23.6 Å². The third-order valence-electron chi connectivity index (χ3n) is 3.49. The summed E-state index contributed by atoms with van der Waals surface area (Å²) in [6, 6.07) is 3.89. The van der Waals surface area contributed by atoms with Crippen molar-refractivity contribution in [2.75, 3.05) is 18.1 Å². The molecule has 1 aliphatic rings. The lowest BCUT2D eigenvalue weighted by atomic mass is 10.0. The molecule has 3 heterocycles. The second-order valence-corrected chi connectivity index (χ2v) is 7.30. The number of nitrogens with zero attached hydrogens (tertiary/aromatic N) is 2. The lowest BCUT2D eigenvalue weighted by Gasteiger charge is -2.21. The normalized spacial score (nSPS) is 21.6. The highest BCUT2D eigenvalue weighted by molar-refractivity contribution is 7.99. The molecule has 0 bridgehead atoms. The molecule has 0 aliphatic carbocycles. The number of aliphatic hydroxyl groups is 1. The fourth-order valence-corrected chi connectivity index (χ4v) is 4.34. The zero-order valence-electron chi connectivity index (χ0n) is 11.7. The molecule has 1 amide bonds. The van der Waals surface area contributed by atoms with Gasteiger partial charge >= 0.3 is 0 Å². The maximum atomic E-state index is 12.4. The summed E-state index contributed by atoms with van der Waals surface area (Å²) in [4.78, 5) is 13.4. The van der Waals surface area contributed by atoms with Crippen LogP contribution in [0.1, 0.15) is 16.8 Å². The zero-order valence-corrected chi connectivity index (χ0v) is 13.3. The number of hydrogen-bond acceptors (Lipinski definition) is 5. The van der Waals surface area contributed by atoms with E-state index in [1.54, 1.807) is 41.0 Å². The fraction of sp³-hybridized carbons (Fsp3) is 0.429. The summed E-state index contributed by atoms with van der Waals surface area (Å²) < 4.78 is 1.64. The molecule has 1 saturated heterocycles. The van der Waals surface area contributed by atoms with Crippen LogP contribution in [0.3, 0.4) is 0 Å². The first-order valence-electron chi connectivity index (χ1n) is 6.73. The van der Waals surface area contributed by atoms with E-state index in [-0.39, 0.29) is 12.5 Å². The van der Waals surface area contributed by atoms with E-state index in [4.69, 9.17) is 0 Å². The Kier molecular flexibility index (Phi) is 4.05. The Morgan fingerprint density at radius 3 is 3.14 bits per heavy atom. The van der Waals surface area contributed by atoms with E-state index in [0.717, 1.165) is 17.1 Å². The minimum atomic E-state index is -0.772. The Balaban J connectivity index is 1.76. The highest BCUT2D eigenvalue weighted by Gasteiger charge is 2.32. The number of nitrogens with one attached hydrogen (secondary N) is 1. The number of rotatable bonds is 4. The monoisotopic (exact) mass is 323 g/mol. The first kappa shape index (κ1) is 14.6. The van der Waals surface area contributed by atoms with Crippen LogP contribution < -0.4 is 5.32 Å². The van der Waals surface area contributed by atoms with Gasteiger partial charge in [0, 0.05) is 25.5 Å². The smallest absolute Gasteiger partial charge is 0.255 e. The van der Waals surface area contributed by atoms with Gasteiger partial charge in [-0.3, -0.25) is 9.48 Å². The summed E-state index contributed by atoms with van der Waals surface area (Å²) in [5.41, 5.74) is 0.470. The van der Waals surface area contributed by atoms with E-state index in [9.17, 15) is 9.90 Å². The van der Waals surface area contributed by atoms with Crippen LogP contribution in [0.5, 0.6) is 0 Å². The van der Waals surface area contributed by atoms with Crippen LogP contribution in [0.2, 0.25) is 0 Å². The molecule has 1 fully saturated rings. The van der Waals surface area contributed by atoms with Gasteiger partial charge < -0.3 is 10.4 Å². The maximum absolute atomic E-state index is 12.4. The second-order valence-electron chi connectivity index (χ2n) is 5.25. The molecule has 21 heavy (non-hydrogen) atoms. The Labute approximate surface area is 131 Å². The molecule has 1 aliphatic heterocycles. The molecule has 0 saturated carbocycles. The summed E-state index contributed by atoms with van der Waals surface area (Å²) in [5.74, 6) is 1.44. The van der Waals surface area contributed by atoms with Gasteiger partial charge in [0.25, 0.3) is 5.91 Å². The van der Waals surface area contributed by atoms with Gasteiger partial charge in [0.2, 0.25) is 0 Å². The van der Waals surface area contributed by atoms with Gasteiger partial charge in [-0.25, -0.2) is 0 Å². The van der Waals surface area contributed by atoms with Crippen LogP contribution in [0, 0.1) is 0 Å². The first-order valence-corrected chi connectivity index (χ1v) is 8.77. The molecule has 1 atom stereocenters. The van der Waals surface area contributed by atoms with E-state index in [1.165, 1.54) is 0 Å². The van der Waals surface area contributed by atoms with Crippen molar-refractivity contribution in [3.8, 4) is 10.6 Å². The predicted molar refractivity (Wildman–Crippen MR) is 85.7 cm³/mol. The summed E-state index contributed by atoms with van der Waals surface area (Å²) in [6.45, 7) is 0.289. The largest absolute Gasteiger partial charge is 0.387 e. The van der Waals surface area contributed by atoms with Crippen LogP contribution in [-0.2, 0) is 7.05 Å². The fourth-order valence-electron chi connectivity index (χ4n) is 2.33. The first-order chi connectivity index (χ1) is 10.1. The molecule has 2 aromatic heterocycles. The average Bonchev–Trinajstić information content (AvgIpc) is 3.16. The minimum absolute atomic E-state index is 0.183. The number of thioether (sulfide) groups is 1. The lowest BCUT2D eigenvalue weighted by Crippen LogP contribution is -2.43. The van der Waals surface area contributed by atoms with Crippen LogP contribution in [0.15, 0.2) is 23.7 Å². The van der Waals surface area contributed by atoms with E-state index >= 15 is 0 Å². The number of hydrogen-bond donors (Lipinski definition) is 2. The lowest BCUT2D eigenvalue weighted by molar-refractivity contribution is 0.0613. The van der Waals surface area contributed by atoms with Crippen molar-refractivity contribution in [1.82, 2.24) is 15.1 Å². The Morgan fingerprint density at radius 2 is 2.48 bits per heavy atom. The molecule has 0 aromatic carbocycles. The number of aryl methyl sites for hydroxylation is 1. The van der Waals surface area contributed by atoms with Crippen LogP contribution in [0.4, 0.5) is 0 Å². The van der Waals surface area contributed by atoms with Crippen molar-refractivity contribution in [2.24, 2.45) is 7.05 Å². The topological polar surface area (TPSA) is 67.2 Å². The number of thiophene rings is 1. The van der Waals surface area contributed by atoms with Crippen molar-refractivity contribution in [3.63, 3.8) is 0 Å². The van der Waals surface area contributed by atoms with Crippen LogP contribution >= 0.6 is 23.1 Å². The van der Waals surface area contributed by atoms with Crippen LogP contribution in [-0.4, -0.2) is 44.4 Å². The van der Waals surface area contributed by atoms with E-state index in [1.807, 2.05) is 17.5 Å². The molecule has 2 N–H and O–H groups in total. The van der Waals surface area contributed by atoms with Crippen molar-refractivity contribution in [3.05, 3.63) is 29.3 Å². The summed E-state index contributed by atoms with van der Waals surface area (Å²) >= 11 is 3.27. The van der Waals surface area contributed by atoms with Crippen molar-refractivity contribution >= 4 is 29.0 Å². The van der Waals surface area contributed by atoms with E-state index in [2.05, 4.69) is 10.4 Å². The third kappa shape index (κ3) is 3.14. The van der Waals surface area contributed by atoms with E-state index < -0.39 is 5.60 Å². The standard InChI is InChI=1S/C14H17N3O2S2/c1-17-7-10(12(16-17)11-3-2-5-21-11)13(18)15-8-14(19)4-6-20-9-14/h2-3,5,7,19H,4,6,8-9H2,1H3,(H,15,18). The molecular formula is C14H17N3O2S2. The van der Waals surface area contributed by atoms with Crippen LogP contribution in [0.25, 0.3) is 10.6 Å². The Bertz CT molecular complexity index is 631. The van der Waals surface area contributed by atoms with Crippen molar-refractivity contribution < 1.29 is 9.90 Å². The molecule has 2 aromatic rings. The van der Waals surface area contributed by atoms with Gasteiger partial charge in [-0.15, -0.1) is 11.3 Å². The predicted octanol–water partition coefficient (Wildman–Crippen LogP) is 1.75. The molecule has 5 nitrogen and oxygen atoms in total. The highest BCUT2D eigenvalue weighted by Crippen LogP contribution is 2.28. The molecule has 3 rings (SSSR count). The number of carbonyl (C=O) groups excluding carboxylic acids is 1. The third-order valence-corrected chi connectivity index (χ3v) is 5.60. The van der Waals surface area contributed by atoms with Gasteiger partial charge in [-0.1, -0.05) is 6.07 Å². The van der Waals surface area contributed by atoms with Crippen molar-refractivity contribution in [2.45, 2.75) is 12.0 Å². The number of aromatic nitrogens is 2. The van der Waals surface area contributed by atoms with Gasteiger partial charge in [0.1, 0.15) is 5.69 Å². The minimum Gasteiger partial charge on any atom is -0.387 e. The van der Waals surface area contributed by atoms with E-state index in [0.29, 0.717) is 17.0 Å². The average molecular weight is 323 g/mol. The van der Waals surface area contributed by atoms with Gasteiger partial charge in [-0.2, -0.15) is 16.9 Å². The molecule has 0 radical (unpaired) electrons. The quantitative estimate of drug-likeness (QED) is 0.899. The summed E-state index contributed by atoms with van der Waals surface area (Å²) in [7, 11) is 1.80. The molecule has 0 spiro atoms. The van der Waals surface area contributed by atoms with Gasteiger partial charge in [0.05, 0.1) is 16.0 Å². The van der Waals surface area contributed by atoms with Gasteiger partial charge in [0.15, 0.2) is 0 Å². The second kappa shape index (κ2) is 5.82. The Hall–Kier alpha value is -1.31. The molecule has 7 heteroatoms.